The van der Waals surface area contributed by atoms with Crippen molar-refractivity contribution in [1.82, 2.24) is 9.97 Å². The van der Waals surface area contributed by atoms with E-state index < -0.39 is 6.10 Å². The zero-order valence-electron chi connectivity index (χ0n) is 15.0. The van der Waals surface area contributed by atoms with Crippen molar-refractivity contribution in [2.75, 3.05) is 12.4 Å². The lowest BCUT2D eigenvalue weighted by atomic mass is 9.87. The molecule has 4 nitrogen and oxygen atoms in total. The summed E-state index contributed by atoms with van der Waals surface area (Å²) in [4.78, 5) is 8.71. The van der Waals surface area contributed by atoms with Crippen LogP contribution in [-0.2, 0) is 5.41 Å². The molecule has 1 aromatic heterocycles. The van der Waals surface area contributed by atoms with Crippen LogP contribution < -0.4 is 4.74 Å². The minimum atomic E-state index is -0.568. The maximum Gasteiger partial charge on any atom is 0.188 e. The van der Waals surface area contributed by atoms with E-state index in [-0.39, 0.29) is 12.0 Å². The predicted octanol–water partition coefficient (Wildman–Crippen LogP) is 3.92. The van der Waals surface area contributed by atoms with Crippen LogP contribution in [-0.4, -0.2) is 33.5 Å². The fourth-order valence-corrected chi connectivity index (χ4v) is 3.08. The number of hydrogen-bond acceptors (Lipinski definition) is 5. The van der Waals surface area contributed by atoms with E-state index in [1.807, 2.05) is 32.0 Å². The summed E-state index contributed by atoms with van der Waals surface area (Å²) in [5.41, 5.74) is 3.27. The Balaban J connectivity index is 1.81. The first kappa shape index (κ1) is 18.7. The molecular weight excluding hydrogens is 320 g/mol. The molecule has 0 bridgehead atoms. The van der Waals surface area contributed by atoms with Crippen molar-refractivity contribution < 1.29 is 9.84 Å². The lowest BCUT2D eigenvalue weighted by molar-refractivity contribution is 0.126. The first-order valence-electron chi connectivity index (χ1n) is 8.10. The van der Waals surface area contributed by atoms with Crippen molar-refractivity contribution in [3.63, 3.8) is 0 Å². The minimum Gasteiger partial charge on any atom is -0.491 e. The van der Waals surface area contributed by atoms with Gasteiger partial charge >= 0.3 is 0 Å². The molecular formula is C19H26N2O2S. The van der Waals surface area contributed by atoms with Crippen molar-refractivity contribution in [2.24, 2.45) is 0 Å². The van der Waals surface area contributed by atoms with Gasteiger partial charge in [-0.25, -0.2) is 9.97 Å². The Labute approximate surface area is 148 Å². The highest BCUT2D eigenvalue weighted by atomic mass is 32.2. The van der Waals surface area contributed by atoms with Crippen molar-refractivity contribution in [2.45, 2.75) is 51.3 Å². The van der Waals surface area contributed by atoms with E-state index in [4.69, 9.17) is 4.74 Å². The first-order chi connectivity index (χ1) is 11.2. The normalized spacial score (nSPS) is 12.9. The number of benzene rings is 1. The molecule has 0 saturated carbocycles. The zero-order valence-corrected chi connectivity index (χ0v) is 15.9. The lowest BCUT2D eigenvalue weighted by Gasteiger charge is -2.19. The van der Waals surface area contributed by atoms with Gasteiger partial charge in [-0.3, -0.25) is 0 Å². The summed E-state index contributed by atoms with van der Waals surface area (Å²) in [6, 6.07) is 9.98. The number of nitrogens with zero attached hydrogens (tertiary/aromatic N) is 2. The van der Waals surface area contributed by atoms with E-state index in [9.17, 15) is 5.11 Å². The van der Waals surface area contributed by atoms with Crippen LogP contribution >= 0.6 is 11.8 Å². The number of aromatic nitrogens is 2. The summed E-state index contributed by atoms with van der Waals surface area (Å²) in [7, 11) is 0. The smallest absolute Gasteiger partial charge is 0.188 e. The zero-order chi connectivity index (χ0) is 17.7. The van der Waals surface area contributed by atoms with Crippen LogP contribution in [0.4, 0.5) is 0 Å². The van der Waals surface area contributed by atoms with Crippen LogP contribution in [0.5, 0.6) is 5.75 Å². The standard InChI is InChI=1S/C19H26N2O2S/c1-13-10-14(2)21-18(20-13)24-12-16(22)11-23-17-8-6-15(7-9-17)19(3,4)5/h6-10,16,22H,11-12H2,1-5H3. The van der Waals surface area contributed by atoms with Gasteiger partial charge in [-0.05, 0) is 43.0 Å². The molecule has 0 aliphatic rings. The lowest BCUT2D eigenvalue weighted by Crippen LogP contribution is -2.20. The molecule has 0 aliphatic heterocycles. The highest BCUT2D eigenvalue weighted by Gasteiger charge is 2.13. The van der Waals surface area contributed by atoms with Gasteiger partial charge in [0.1, 0.15) is 12.4 Å². The molecule has 2 rings (SSSR count). The Hall–Kier alpha value is -1.59. The Kier molecular flexibility index (Phi) is 6.24. The third-order valence-corrected chi connectivity index (χ3v) is 4.52. The molecule has 1 unspecified atom stereocenters. The molecule has 0 aliphatic carbocycles. The van der Waals surface area contributed by atoms with Gasteiger partial charge in [0.2, 0.25) is 0 Å². The fraction of sp³-hybridized carbons (Fsp3) is 0.474. The van der Waals surface area contributed by atoms with Gasteiger partial charge in [0.15, 0.2) is 5.16 Å². The second-order valence-electron chi connectivity index (χ2n) is 6.98. The van der Waals surface area contributed by atoms with E-state index in [1.165, 1.54) is 17.3 Å². The van der Waals surface area contributed by atoms with E-state index >= 15 is 0 Å². The van der Waals surface area contributed by atoms with Gasteiger partial charge in [-0.1, -0.05) is 44.7 Å². The van der Waals surface area contributed by atoms with Crippen LogP contribution in [0.15, 0.2) is 35.5 Å². The number of ether oxygens (including phenoxy) is 1. The Morgan fingerprint density at radius 2 is 1.67 bits per heavy atom. The molecule has 0 saturated heterocycles. The molecule has 2 aromatic rings. The fourth-order valence-electron chi connectivity index (χ4n) is 2.22. The third kappa shape index (κ3) is 5.80. The Bertz CT molecular complexity index is 646. The molecule has 0 amide bonds. The van der Waals surface area contributed by atoms with Gasteiger partial charge in [-0.2, -0.15) is 0 Å². The van der Waals surface area contributed by atoms with E-state index in [2.05, 4.69) is 42.9 Å². The molecule has 1 aromatic carbocycles. The van der Waals surface area contributed by atoms with Crippen molar-refractivity contribution in [3.8, 4) is 5.75 Å². The van der Waals surface area contributed by atoms with Crippen molar-refractivity contribution >= 4 is 11.8 Å². The van der Waals surface area contributed by atoms with Crippen LogP contribution in [0.2, 0.25) is 0 Å². The molecule has 0 spiro atoms. The molecule has 1 atom stereocenters. The monoisotopic (exact) mass is 346 g/mol. The maximum absolute atomic E-state index is 10.1. The van der Waals surface area contributed by atoms with Gasteiger partial charge in [0.05, 0.1) is 6.10 Å². The van der Waals surface area contributed by atoms with Crippen LogP contribution in [0, 0.1) is 13.8 Å². The van der Waals surface area contributed by atoms with Crippen molar-refractivity contribution in [3.05, 3.63) is 47.3 Å². The average molecular weight is 346 g/mol. The molecule has 24 heavy (non-hydrogen) atoms. The third-order valence-electron chi connectivity index (χ3n) is 3.53. The van der Waals surface area contributed by atoms with E-state index in [0.29, 0.717) is 10.9 Å². The molecule has 0 fully saturated rings. The van der Waals surface area contributed by atoms with Crippen LogP contribution in [0.25, 0.3) is 0 Å². The quantitative estimate of drug-likeness (QED) is 0.634. The number of aliphatic hydroxyl groups is 1. The molecule has 1 heterocycles. The number of rotatable bonds is 6. The Morgan fingerprint density at radius 3 is 2.21 bits per heavy atom. The van der Waals surface area contributed by atoms with Gasteiger partial charge in [0.25, 0.3) is 0 Å². The highest BCUT2D eigenvalue weighted by molar-refractivity contribution is 7.99. The van der Waals surface area contributed by atoms with Crippen LogP contribution in [0.1, 0.15) is 37.7 Å². The Morgan fingerprint density at radius 1 is 1.08 bits per heavy atom. The molecule has 0 radical (unpaired) electrons. The summed E-state index contributed by atoms with van der Waals surface area (Å²) in [6.45, 7) is 10.7. The van der Waals surface area contributed by atoms with Gasteiger partial charge < -0.3 is 9.84 Å². The maximum atomic E-state index is 10.1. The number of thioether (sulfide) groups is 1. The summed E-state index contributed by atoms with van der Waals surface area (Å²) in [5, 5.41) is 10.8. The van der Waals surface area contributed by atoms with Gasteiger partial charge in [-0.15, -0.1) is 0 Å². The highest BCUT2D eigenvalue weighted by Crippen LogP contribution is 2.24. The van der Waals surface area contributed by atoms with Crippen molar-refractivity contribution in [1.29, 1.82) is 0 Å². The predicted molar refractivity (Wildman–Crippen MR) is 98.9 cm³/mol. The van der Waals surface area contributed by atoms with Crippen LogP contribution in [0.3, 0.4) is 0 Å². The molecule has 1 N–H and O–H groups in total. The van der Waals surface area contributed by atoms with Gasteiger partial charge in [0, 0.05) is 17.1 Å². The van der Waals surface area contributed by atoms with E-state index in [1.54, 1.807) is 0 Å². The summed E-state index contributed by atoms with van der Waals surface area (Å²) >= 11 is 1.45. The number of aliphatic hydroxyl groups excluding tert-OH is 1. The largest absolute Gasteiger partial charge is 0.491 e. The van der Waals surface area contributed by atoms with E-state index in [0.717, 1.165) is 17.1 Å². The second-order valence-corrected chi connectivity index (χ2v) is 7.97. The summed E-state index contributed by atoms with van der Waals surface area (Å²) < 4.78 is 5.67. The molecule has 5 heteroatoms. The number of hydrogen-bond donors (Lipinski definition) is 1. The molecule has 130 valence electrons. The SMILES string of the molecule is Cc1cc(C)nc(SCC(O)COc2ccc(C(C)(C)C)cc2)n1. The summed E-state index contributed by atoms with van der Waals surface area (Å²) in [5.74, 6) is 1.28. The second kappa shape index (κ2) is 7.99. The average Bonchev–Trinajstić information content (AvgIpc) is 2.49. The summed E-state index contributed by atoms with van der Waals surface area (Å²) in [6.07, 6.45) is -0.568. The first-order valence-corrected chi connectivity index (χ1v) is 9.09. The topological polar surface area (TPSA) is 55.2 Å². The minimum absolute atomic E-state index is 0.126. The number of aryl methyl sites for hydroxylation is 2.